The van der Waals surface area contributed by atoms with Gasteiger partial charge in [-0.3, -0.25) is 4.79 Å². The largest absolute Gasteiger partial charge is 0.497 e. The van der Waals surface area contributed by atoms with Crippen molar-refractivity contribution < 1.29 is 34.0 Å². The summed E-state index contributed by atoms with van der Waals surface area (Å²) in [4.78, 5) is 24.7. The van der Waals surface area contributed by atoms with E-state index < -0.39 is 35.5 Å². The summed E-state index contributed by atoms with van der Waals surface area (Å²) >= 11 is 0. The number of fused-ring (bicyclic) bond motifs is 2. The van der Waals surface area contributed by atoms with Crippen LogP contribution in [0, 0.1) is 5.92 Å². The second kappa shape index (κ2) is 7.17. The molecular formula is C20H22O7. The van der Waals surface area contributed by atoms with Crippen LogP contribution >= 0.6 is 0 Å². The van der Waals surface area contributed by atoms with Crippen LogP contribution in [-0.2, 0) is 9.53 Å². The van der Waals surface area contributed by atoms with Crippen molar-refractivity contribution in [2.75, 3.05) is 14.2 Å². The second-order valence-corrected chi connectivity index (χ2v) is 6.69. The summed E-state index contributed by atoms with van der Waals surface area (Å²) in [5.74, 6) is -1.17. The number of ether oxygens (including phenoxy) is 3. The van der Waals surface area contributed by atoms with Gasteiger partial charge in [-0.25, -0.2) is 4.79 Å². The van der Waals surface area contributed by atoms with Gasteiger partial charge in [0.25, 0.3) is 0 Å². The van der Waals surface area contributed by atoms with Crippen LogP contribution in [0.25, 0.3) is 6.08 Å². The molecule has 27 heavy (non-hydrogen) atoms. The van der Waals surface area contributed by atoms with Crippen molar-refractivity contribution in [3.8, 4) is 11.5 Å². The number of carbonyl (C=O) groups excluding carboxylic acids is 2. The van der Waals surface area contributed by atoms with Gasteiger partial charge in [0, 0.05) is 12.0 Å². The van der Waals surface area contributed by atoms with E-state index in [1.807, 2.05) is 0 Å². The fourth-order valence-corrected chi connectivity index (χ4v) is 3.61. The number of hydrogen-bond acceptors (Lipinski definition) is 7. The number of cyclic esters (lactones) is 1. The number of methoxy groups -OCH3 is 2. The van der Waals surface area contributed by atoms with Crippen molar-refractivity contribution >= 4 is 17.8 Å². The monoisotopic (exact) mass is 374 g/mol. The Balaban J connectivity index is 2.13. The maximum atomic E-state index is 12.8. The van der Waals surface area contributed by atoms with Gasteiger partial charge in [-0.2, -0.15) is 0 Å². The third-order valence-electron chi connectivity index (χ3n) is 5.09. The molecule has 0 spiro atoms. The predicted molar refractivity (Wildman–Crippen MR) is 96.7 cm³/mol. The van der Waals surface area contributed by atoms with Crippen LogP contribution in [0.5, 0.6) is 11.5 Å². The maximum Gasteiger partial charge on any atom is 0.342 e. The van der Waals surface area contributed by atoms with Gasteiger partial charge >= 0.3 is 5.97 Å². The molecule has 0 amide bonds. The fourth-order valence-electron chi connectivity index (χ4n) is 3.61. The molecule has 7 heteroatoms. The molecule has 7 nitrogen and oxygen atoms in total. The van der Waals surface area contributed by atoms with E-state index in [1.165, 1.54) is 26.4 Å². The smallest absolute Gasteiger partial charge is 0.342 e. The molecule has 0 saturated carbocycles. The van der Waals surface area contributed by atoms with Crippen molar-refractivity contribution in [2.45, 2.75) is 31.2 Å². The zero-order chi connectivity index (χ0) is 19.8. The predicted octanol–water partition coefficient (Wildman–Crippen LogP) is 1.51. The lowest BCUT2D eigenvalue weighted by Crippen LogP contribution is -2.57. The molecule has 1 aliphatic carbocycles. The Morgan fingerprint density at radius 2 is 1.93 bits per heavy atom. The Morgan fingerprint density at radius 3 is 2.59 bits per heavy atom. The van der Waals surface area contributed by atoms with E-state index in [0.717, 1.165) is 0 Å². The van der Waals surface area contributed by atoms with Crippen LogP contribution in [0.3, 0.4) is 0 Å². The molecule has 2 aliphatic rings. The highest BCUT2D eigenvalue weighted by molar-refractivity contribution is 5.98. The van der Waals surface area contributed by atoms with Crippen molar-refractivity contribution in [1.29, 1.82) is 0 Å². The average molecular weight is 374 g/mol. The summed E-state index contributed by atoms with van der Waals surface area (Å²) in [5.41, 5.74) is -1.05. The third kappa shape index (κ3) is 3.24. The molecule has 0 bridgehead atoms. The topological polar surface area (TPSA) is 102 Å². The Hall–Kier alpha value is -2.64. The van der Waals surface area contributed by atoms with Crippen LogP contribution in [0.4, 0.5) is 0 Å². The van der Waals surface area contributed by atoms with Crippen molar-refractivity contribution in [2.24, 2.45) is 5.92 Å². The normalized spacial score (nSPS) is 31.4. The summed E-state index contributed by atoms with van der Waals surface area (Å²) in [6.07, 6.45) is 3.53. The van der Waals surface area contributed by atoms with Gasteiger partial charge in [0.1, 0.15) is 34.9 Å². The lowest BCUT2D eigenvalue weighted by atomic mass is 9.72. The highest BCUT2D eigenvalue weighted by Crippen LogP contribution is 2.38. The first-order valence-corrected chi connectivity index (χ1v) is 8.58. The molecule has 0 radical (unpaired) electrons. The van der Waals surface area contributed by atoms with Gasteiger partial charge < -0.3 is 24.4 Å². The molecule has 1 heterocycles. The van der Waals surface area contributed by atoms with Gasteiger partial charge in [-0.1, -0.05) is 18.2 Å². The van der Waals surface area contributed by atoms with E-state index in [2.05, 4.69) is 0 Å². The minimum Gasteiger partial charge on any atom is -0.497 e. The summed E-state index contributed by atoms with van der Waals surface area (Å²) in [5, 5.41) is 21.3. The van der Waals surface area contributed by atoms with Crippen LogP contribution in [0.2, 0.25) is 0 Å². The lowest BCUT2D eigenvalue weighted by Gasteiger charge is -2.42. The molecule has 2 N–H and O–H groups in total. The second-order valence-electron chi connectivity index (χ2n) is 6.69. The highest BCUT2D eigenvalue weighted by atomic mass is 16.5. The van der Waals surface area contributed by atoms with Crippen molar-refractivity contribution in [3.05, 3.63) is 41.5 Å². The average Bonchev–Trinajstić information content (AvgIpc) is 2.64. The van der Waals surface area contributed by atoms with E-state index in [1.54, 1.807) is 31.2 Å². The fraction of sp³-hybridized carbons (Fsp3) is 0.400. The molecule has 3 rings (SSSR count). The Kier molecular flexibility index (Phi) is 5.08. The molecule has 0 fully saturated rings. The number of rotatable bonds is 2. The Morgan fingerprint density at radius 1 is 1.19 bits per heavy atom. The zero-order valence-corrected chi connectivity index (χ0v) is 15.3. The third-order valence-corrected chi connectivity index (χ3v) is 5.09. The number of hydrogen-bond donors (Lipinski definition) is 2. The molecule has 1 aromatic carbocycles. The number of benzene rings is 1. The van der Waals surface area contributed by atoms with E-state index in [9.17, 15) is 19.8 Å². The van der Waals surface area contributed by atoms with Crippen molar-refractivity contribution in [3.63, 3.8) is 0 Å². The SMILES string of the molecule is COc1cc2c(c(OC)c1)C(=O)OC(C)C1C=CC(=O)C(O)C1(O)C/C=C/2. The van der Waals surface area contributed by atoms with Crippen molar-refractivity contribution in [1.82, 2.24) is 0 Å². The van der Waals surface area contributed by atoms with Gasteiger partial charge in [0.15, 0.2) is 5.78 Å². The maximum absolute atomic E-state index is 12.8. The van der Waals surface area contributed by atoms with E-state index in [-0.39, 0.29) is 12.0 Å². The summed E-state index contributed by atoms with van der Waals surface area (Å²) in [6, 6.07) is 3.23. The van der Waals surface area contributed by atoms with E-state index in [4.69, 9.17) is 14.2 Å². The van der Waals surface area contributed by atoms with E-state index in [0.29, 0.717) is 17.1 Å². The van der Waals surface area contributed by atoms with Crippen LogP contribution in [-0.4, -0.2) is 54.0 Å². The number of carbonyl (C=O) groups is 2. The number of esters is 1. The highest BCUT2D eigenvalue weighted by Gasteiger charge is 2.50. The zero-order valence-electron chi connectivity index (χ0n) is 15.3. The molecule has 0 saturated heterocycles. The molecular weight excluding hydrogens is 352 g/mol. The minimum atomic E-state index is -1.78. The number of aliphatic hydroxyl groups excluding tert-OH is 1. The Labute approximate surface area is 156 Å². The first kappa shape index (κ1) is 19.1. The first-order chi connectivity index (χ1) is 12.8. The van der Waals surface area contributed by atoms with E-state index >= 15 is 0 Å². The molecule has 1 aromatic rings. The molecule has 4 atom stereocenters. The van der Waals surface area contributed by atoms with Gasteiger partial charge in [0.2, 0.25) is 0 Å². The van der Waals surface area contributed by atoms with Crippen LogP contribution in [0.15, 0.2) is 30.4 Å². The van der Waals surface area contributed by atoms with Gasteiger partial charge in [0.05, 0.1) is 14.2 Å². The molecule has 4 unspecified atom stereocenters. The minimum absolute atomic E-state index is 0.00420. The molecule has 0 aromatic heterocycles. The van der Waals surface area contributed by atoms with Crippen LogP contribution < -0.4 is 9.47 Å². The van der Waals surface area contributed by atoms with Gasteiger partial charge in [-0.15, -0.1) is 0 Å². The standard InChI is InChI=1S/C20H22O7/c1-11-14-6-7-15(21)18(22)20(14,24)8-4-5-12-9-13(25-2)10-16(26-3)17(12)19(23)27-11/h4-7,9-11,14,18,22,24H,8H2,1-3H3/b5-4+. The molecule has 1 aliphatic heterocycles. The summed E-state index contributed by atoms with van der Waals surface area (Å²) < 4.78 is 16.1. The lowest BCUT2D eigenvalue weighted by molar-refractivity contribution is -0.154. The summed E-state index contributed by atoms with van der Waals surface area (Å²) in [6.45, 7) is 1.61. The van der Waals surface area contributed by atoms with Gasteiger partial charge in [-0.05, 0) is 31.1 Å². The number of ketones is 1. The van der Waals surface area contributed by atoms with Crippen LogP contribution in [0.1, 0.15) is 29.3 Å². The Bertz CT molecular complexity index is 826. The quantitative estimate of drug-likeness (QED) is 0.757. The number of aliphatic hydroxyl groups is 2. The summed E-state index contributed by atoms with van der Waals surface area (Å²) in [7, 11) is 2.94. The molecule has 144 valence electrons. The first-order valence-electron chi connectivity index (χ1n) is 8.58.